The fourth-order valence-corrected chi connectivity index (χ4v) is 4.93. The maximum atomic E-state index is 2.51. The summed E-state index contributed by atoms with van der Waals surface area (Å²) in [6, 6.07) is 26.8. The molecular formula is C25H26NS+. The highest BCUT2D eigenvalue weighted by Crippen LogP contribution is 2.31. The predicted octanol–water partition coefficient (Wildman–Crippen LogP) is 7.23. The van der Waals surface area contributed by atoms with Gasteiger partial charge in [-0.3, -0.25) is 0 Å². The van der Waals surface area contributed by atoms with Gasteiger partial charge in [-0.1, -0.05) is 85.8 Å². The number of hydrogen-bond donors (Lipinski definition) is 0. The van der Waals surface area contributed by atoms with Crippen molar-refractivity contribution >= 4 is 21.6 Å². The van der Waals surface area contributed by atoms with Gasteiger partial charge < -0.3 is 0 Å². The monoisotopic (exact) mass is 372 g/mol. The third-order valence-corrected chi connectivity index (χ3v) is 6.45. The van der Waals surface area contributed by atoms with E-state index in [1.54, 1.807) is 0 Å². The molecule has 27 heavy (non-hydrogen) atoms. The number of rotatable bonds is 4. The first kappa shape index (κ1) is 17.9. The van der Waals surface area contributed by atoms with E-state index in [0.29, 0.717) is 12.0 Å². The summed E-state index contributed by atoms with van der Waals surface area (Å²) in [6.45, 7) is 9.12. The van der Waals surface area contributed by atoms with Crippen molar-refractivity contribution in [3.05, 3.63) is 77.8 Å². The van der Waals surface area contributed by atoms with Crippen molar-refractivity contribution in [3.8, 4) is 22.3 Å². The Balaban J connectivity index is 1.77. The van der Waals surface area contributed by atoms with Crippen LogP contribution in [0.2, 0.25) is 0 Å². The second kappa shape index (κ2) is 7.28. The highest BCUT2D eigenvalue weighted by Gasteiger charge is 2.25. The molecule has 4 rings (SSSR count). The van der Waals surface area contributed by atoms with E-state index in [-0.39, 0.29) is 0 Å². The van der Waals surface area contributed by atoms with Gasteiger partial charge in [-0.05, 0) is 42.2 Å². The SMILES string of the molecule is CC(C)c1sc2ccc(-c3ccc(-c4ccccc4)cc3)cc2[n+]1C(C)C. The van der Waals surface area contributed by atoms with E-state index >= 15 is 0 Å². The van der Waals surface area contributed by atoms with E-state index in [2.05, 4.69) is 105 Å². The third-order valence-electron chi connectivity index (χ3n) is 5.01. The topological polar surface area (TPSA) is 3.88 Å². The van der Waals surface area contributed by atoms with Crippen LogP contribution < -0.4 is 4.57 Å². The Bertz CT molecular complexity index is 1060. The molecule has 0 saturated heterocycles. The van der Waals surface area contributed by atoms with Crippen LogP contribution in [0.4, 0.5) is 0 Å². The summed E-state index contributed by atoms with van der Waals surface area (Å²) in [5.41, 5.74) is 6.42. The summed E-state index contributed by atoms with van der Waals surface area (Å²) in [7, 11) is 0. The molecule has 0 atom stereocenters. The normalized spacial score (nSPS) is 11.6. The molecular weight excluding hydrogens is 346 g/mol. The largest absolute Gasteiger partial charge is 0.241 e. The summed E-state index contributed by atoms with van der Waals surface area (Å²) in [5.74, 6) is 0.540. The lowest BCUT2D eigenvalue weighted by atomic mass is 10.00. The van der Waals surface area contributed by atoms with Crippen LogP contribution in [-0.4, -0.2) is 0 Å². The molecule has 0 aliphatic carbocycles. The molecule has 0 amide bonds. The minimum Gasteiger partial charge on any atom is -0.184 e. The van der Waals surface area contributed by atoms with Crippen molar-refractivity contribution in [1.82, 2.24) is 0 Å². The van der Waals surface area contributed by atoms with Crippen molar-refractivity contribution < 1.29 is 4.57 Å². The van der Waals surface area contributed by atoms with Gasteiger partial charge in [0.25, 0.3) is 0 Å². The smallest absolute Gasteiger partial charge is 0.184 e. The molecule has 2 heteroatoms. The number of hydrogen-bond acceptors (Lipinski definition) is 1. The number of aromatic nitrogens is 1. The van der Waals surface area contributed by atoms with Crippen LogP contribution in [0.25, 0.3) is 32.5 Å². The molecule has 0 fully saturated rings. The molecule has 0 aliphatic heterocycles. The Morgan fingerprint density at radius 3 is 1.81 bits per heavy atom. The van der Waals surface area contributed by atoms with Gasteiger partial charge in [-0.25, -0.2) is 0 Å². The van der Waals surface area contributed by atoms with E-state index in [1.165, 1.54) is 37.5 Å². The van der Waals surface area contributed by atoms with Crippen molar-refractivity contribution in [2.45, 2.75) is 39.7 Å². The number of thiazole rings is 1. The average Bonchev–Trinajstić information content (AvgIpc) is 3.08. The van der Waals surface area contributed by atoms with Crippen LogP contribution >= 0.6 is 11.3 Å². The number of fused-ring (bicyclic) bond motifs is 1. The molecule has 1 nitrogen and oxygen atoms in total. The van der Waals surface area contributed by atoms with Gasteiger partial charge in [0.05, 0.1) is 0 Å². The molecule has 0 aliphatic rings. The first-order valence-electron chi connectivity index (χ1n) is 9.68. The van der Waals surface area contributed by atoms with Crippen LogP contribution in [-0.2, 0) is 0 Å². The van der Waals surface area contributed by atoms with Gasteiger partial charge >= 0.3 is 0 Å². The van der Waals surface area contributed by atoms with Crippen LogP contribution in [0.1, 0.15) is 44.7 Å². The summed E-state index contributed by atoms with van der Waals surface area (Å²) >= 11 is 1.93. The molecule has 136 valence electrons. The molecule has 0 radical (unpaired) electrons. The minimum absolute atomic E-state index is 0.465. The van der Waals surface area contributed by atoms with Crippen LogP contribution in [0, 0.1) is 0 Å². The predicted molar refractivity (Wildman–Crippen MR) is 117 cm³/mol. The van der Waals surface area contributed by atoms with E-state index < -0.39 is 0 Å². The lowest BCUT2D eigenvalue weighted by Crippen LogP contribution is -2.39. The Kier molecular flexibility index (Phi) is 4.84. The van der Waals surface area contributed by atoms with E-state index in [9.17, 15) is 0 Å². The molecule has 3 aromatic carbocycles. The first-order valence-corrected chi connectivity index (χ1v) is 10.5. The van der Waals surface area contributed by atoms with Crippen LogP contribution in [0.15, 0.2) is 72.8 Å². The summed E-state index contributed by atoms with van der Waals surface area (Å²) < 4.78 is 3.88. The molecule has 0 N–H and O–H groups in total. The standard InChI is InChI=1S/C25H26NS/c1-17(2)25-26(18(3)4)23-16-22(14-15-24(23)27-25)21-12-10-20(11-13-21)19-8-6-5-7-9-19/h5-18H,1-4H3/q+1. The quantitative estimate of drug-likeness (QED) is 0.333. The minimum atomic E-state index is 0.465. The Morgan fingerprint density at radius 1 is 0.667 bits per heavy atom. The van der Waals surface area contributed by atoms with Gasteiger partial charge in [0.2, 0.25) is 10.5 Å². The second-order valence-corrected chi connectivity index (χ2v) is 8.75. The zero-order chi connectivity index (χ0) is 19.0. The zero-order valence-electron chi connectivity index (χ0n) is 16.4. The fourth-order valence-electron chi connectivity index (χ4n) is 3.67. The van der Waals surface area contributed by atoms with Gasteiger partial charge in [0.15, 0.2) is 6.04 Å². The Labute approximate surface area is 165 Å². The maximum absolute atomic E-state index is 2.51. The Hall–Kier alpha value is -2.45. The van der Waals surface area contributed by atoms with Crippen molar-refractivity contribution in [3.63, 3.8) is 0 Å². The lowest BCUT2D eigenvalue weighted by Gasteiger charge is -2.07. The maximum Gasteiger partial charge on any atom is 0.241 e. The van der Waals surface area contributed by atoms with Gasteiger partial charge in [0.1, 0.15) is 4.70 Å². The van der Waals surface area contributed by atoms with Crippen LogP contribution in [0.5, 0.6) is 0 Å². The first-order chi connectivity index (χ1) is 13.0. The second-order valence-electron chi connectivity index (χ2n) is 7.68. The third kappa shape index (κ3) is 3.42. The lowest BCUT2D eigenvalue weighted by molar-refractivity contribution is -0.695. The van der Waals surface area contributed by atoms with Crippen molar-refractivity contribution in [2.24, 2.45) is 0 Å². The molecule has 0 unspecified atom stereocenters. The fraction of sp³-hybridized carbons (Fsp3) is 0.240. The molecule has 4 aromatic rings. The molecule has 1 aromatic heterocycles. The van der Waals surface area contributed by atoms with Crippen molar-refractivity contribution in [1.29, 1.82) is 0 Å². The molecule has 0 bridgehead atoms. The highest BCUT2D eigenvalue weighted by molar-refractivity contribution is 7.18. The summed E-state index contributed by atoms with van der Waals surface area (Å²) in [4.78, 5) is 0. The zero-order valence-corrected chi connectivity index (χ0v) is 17.3. The Morgan fingerprint density at radius 2 is 1.22 bits per heavy atom. The van der Waals surface area contributed by atoms with Crippen molar-refractivity contribution in [2.75, 3.05) is 0 Å². The highest BCUT2D eigenvalue weighted by atomic mass is 32.1. The summed E-state index contributed by atoms with van der Waals surface area (Å²) in [6.07, 6.45) is 0. The van der Waals surface area contributed by atoms with Gasteiger partial charge in [-0.2, -0.15) is 4.57 Å². The molecule has 0 saturated carbocycles. The number of nitrogens with zero attached hydrogens (tertiary/aromatic N) is 1. The number of benzene rings is 3. The molecule has 0 spiro atoms. The van der Waals surface area contributed by atoms with E-state index in [0.717, 1.165) is 0 Å². The van der Waals surface area contributed by atoms with Gasteiger partial charge in [-0.15, -0.1) is 0 Å². The summed E-state index contributed by atoms with van der Waals surface area (Å²) in [5, 5.41) is 1.46. The molecule has 1 heterocycles. The average molecular weight is 373 g/mol. The van der Waals surface area contributed by atoms with Gasteiger partial charge in [0, 0.05) is 12.0 Å². The van der Waals surface area contributed by atoms with E-state index in [4.69, 9.17) is 0 Å². The van der Waals surface area contributed by atoms with Crippen LogP contribution in [0.3, 0.4) is 0 Å². The van der Waals surface area contributed by atoms with E-state index in [1.807, 2.05) is 11.3 Å².